The number of halogens is 3. The fraction of sp³-hybridized carbons (Fsp3) is 0.923. The minimum atomic E-state index is -4.40. The minimum Gasteiger partial charge on any atom is -0.329 e. The highest BCUT2D eigenvalue weighted by Crippen LogP contribution is 2.36. The molecule has 1 saturated carbocycles. The van der Waals surface area contributed by atoms with Crippen LogP contribution in [0.5, 0.6) is 0 Å². The second kappa shape index (κ2) is 6.65. The Morgan fingerprint density at radius 3 is 2.35 bits per heavy atom. The summed E-state index contributed by atoms with van der Waals surface area (Å²) in [5, 5.41) is 1.91. The topological polar surface area (TPSA) is 58.4 Å². The molecule has 0 unspecified atom stereocenters. The van der Waals surface area contributed by atoms with E-state index in [0.29, 0.717) is 5.92 Å². The summed E-state index contributed by atoms with van der Waals surface area (Å²) in [6.45, 7) is 1.09. The van der Waals surface area contributed by atoms with Crippen molar-refractivity contribution >= 4 is 6.03 Å². The van der Waals surface area contributed by atoms with Crippen molar-refractivity contribution in [3.8, 4) is 0 Å². The number of nitrogens with zero attached hydrogens (tertiary/aromatic N) is 1. The molecule has 0 radical (unpaired) electrons. The first-order valence-electron chi connectivity index (χ1n) is 7.02. The third kappa shape index (κ3) is 4.26. The lowest BCUT2D eigenvalue weighted by molar-refractivity contribution is -0.123. The van der Waals surface area contributed by atoms with Gasteiger partial charge in [0, 0.05) is 13.6 Å². The molecule has 1 aliphatic rings. The van der Waals surface area contributed by atoms with E-state index >= 15 is 0 Å². The van der Waals surface area contributed by atoms with Crippen LogP contribution < -0.4 is 11.1 Å². The Morgan fingerprint density at radius 2 is 1.95 bits per heavy atom. The van der Waals surface area contributed by atoms with Gasteiger partial charge in [0.25, 0.3) is 0 Å². The van der Waals surface area contributed by atoms with Crippen LogP contribution >= 0.6 is 0 Å². The van der Waals surface area contributed by atoms with Gasteiger partial charge >= 0.3 is 12.2 Å². The molecule has 20 heavy (non-hydrogen) atoms. The molecule has 2 amide bonds. The summed E-state index contributed by atoms with van der Waals surface area (Å²) in [5.74, 6) is 0.626. The van der Waals surface area contributed by atoms with Crippen LogP contribution in [0.1, 0.15) is 39.0 Å². The lowest BCUT2D eigenvalue weighted by Gasteiger charge is -2.45. The molecule has 0 heterocycles. The van der Waals surface area contributed by atoms with Gasteiger partial charge in [-0.3, -0.25) is 0 Å². The van der Waals surface area contributed by atoms with E-state index in [2.05, 4.69) is 6.92 Å². The summed E-state index contributed by atoms with van der Waals surface area (Å²) in [6, 6.07) is -0.706. The number of hydrogen-bond donors (Lipinski definition) is 2. The van der Waals surface area contributed by atoms with Crippen LogP contribution in [0.15, 0.2) is 0 Å². The maximum absolute atomic E-state index is 12.1. The van der Waals surface area contributed by atoms with Crippen molar-refractivity contribution in [3.63, 3.8) is 0 Å². The lowest BCUT2D eigenvalue weighted by Crippen LogP contribution is -2.59. The van der Waals surface area contributed by atoms with E-state index in [-0.39, 0.29) is 6.54 Å². The van der Waals surface area contributed by atoms with E-state index in [9.17, 15) is 18.0 Å². The Kier molecular flexibility index (Phi) is 5.68. The first kappa shape index (κ1) is 17.1. The number of likely N-dealkylation sites (N-methyl/N-ethyl adjacent to an activating group) is 1. The van der Waals surface area contributed by atoms with E-state index < -0.39 is 24.3 Å². The SMILES string of the molecule is CCC1CCC(CN)(N(C)C(=O)NCC(F)(F)F)CC1. The van der Waals surface area contributed by atoms with Gasteiger partial charge < -0.3 is 16.0 Å². The van der Waals surface area contributed by atoms with Gasteiger partial charge in [-0.05, 0) is 31.6 Å². The number of carbonyl (C=O) groups is 1. The smallest absolute Gasteiger partial charge is 0.329 e. The normalized spacial score (nSPS) is 27.2. The van der Waals surface area contributed by atoms with Crippen molar-refractivity contribution in [3.05, 3.63) is 0 Å². The third-order valence-electron chi connectivity index (χ3n) is 4.45. The van der Waals surface area contributed by atoms with Crippen LogP contribution in [0.3, 0.4) is 0 Å². The van der Waals surface area contributed by atoms with E-state index in [1.165, 1.54) is 11.9 Å². The number of carbonyl (C=O) groups excluding carboxylic acids is 1. The Balaban J connectivity index is 2.62. The molecule has 1 fully saturated rings. The molecule has 0 spiro atoms. The molecule has 0 atom stereocenters. The highest BCUT2D eigenvalue weighted by Gasteiger charge is 2.40. The summed E-state index contributed by atoms with van der Waals surface area (Å²) >= 11 is 0. The molecule has 0 aromatic rings. The molecular weight excluding hydrogens is 271 g/mol. The van der Waals surface area contributed by atoms with Gasteiger partial charge in [-0.15, -0.1) is 0 Å². The monoisotopic (exact) mass is 295 g/mol. The van der Waals surface area contributed by atoms with Crippen LogP contribution in [0.2, 0.25) is 0 Å². The molecule has 0 aromatic carbocycles. The number of alkyl halides is 3. The predicted molar refractivity (Wildman–Crippen MR) is 71.3 cm³/mol. The van der Waals surface area contributed by atoms with Gasteiger partial charge in [-0.2, -0.15) is 13.2 Å². The van der Waals surface area contributed by atoms with E-state index in [4.69, 9.17) is 5.73 Å². The van der Waals surface area contributed by atoms with Crippen molar-refractivity contribution in [2.75, 3.05) is 20.1 Å². The van der Waals surface area contributed by atoms with Gasteiger partial charge in [0.05, 0.1) is 5.54 Å². The lowest BCUT2D eigenvalue weighted by atomic mass is 9.75. The molecule has 4 nitrogen and oxygen atoms in total. The largest absolute Gasteiger partial charge is 0.405 e. The van der Waals surface area contributed by atoms with Crippen molar-refractivity contribution in [2.45, 2.75) is 50.7 Å². The number of urea groups is 1. The highest BCUT2D eigenvalue weighted by molar-refractivity contribution is 5.74. The standard InChI is InChI=1S/C13H24F3N3O/c1-3-10-4-6-12(8-17,7-5-10)19(2)11(20)18-9-13(14,15)16/h10H,3-9,17H2,1-2H3,(H,18,20). The van der Waals surface area contributed by atoms with Crippen molar-refractivity contribution in [1.29, 1.82) is 0 Å². The summed E-state index contributed by atoms with van der Waals surface area (Å²) in [5.41, 5.74) is 5.29. The third-order valence-corrected chi connectivity index (χ3v) is 4.45. The van der Waals surface area contributed by atoms with Crippen LogP contribution in [-0.2, 0) is 0 Å². The predicted octanol–water partition coefficient (Wildman–Crippen LogP) is 2.49. The van der Waals surface area contributed by atoms with Crippen LogP contribution in [0.25, 0.3) is 0 Å². The van der Waals surface area contributed by atoms with Crippen LogP contribution in [0.4, 0.5) is 18.0 Å². The van der Waals surface area contributed by atoms with Gasteiger partial charge in [-0.1, -0.05) is 13.3 Å². The van der Waals surface area contributed by atoms with Gasteiger partial charge in [0.15, 0.2) is 0 Å². The molecule has 0 saturated heterocycles. The maximum Gasteiger partial charge on any atom is 0.405 e. The number of amides is 2. The van der Waals surface area contributed by atoms with Gasteiger partial charge in [-0.25, -0.2) is 4.79 Å². The molecule has 3 N–H and O–H groups in total. The Bertz CT molecular complexity index is 325. The quantitative estimate of drug-likeness (QED) is 0.837. The zero-order valence-corrected chi connectivity index (χ0v) is 12.1. The highest BCUT2D eigenvalue weighted by atomic mass is 19.4. The molecule has 7 heteroatoms. The summed E-state index contributed by atoms with van der Waals surface area (Å²) in [4.78, 5) is 13.2. The Morgan fingerprint density at radius 1 is 1.40 bits per heavy atom. The number of hydrogen-bond acceptors (Lipinski definition) is 2. The summed E-state index contributed by atoms with van der Waals surface area (Å²) in [7, 11) is 1.53. The Hall–Kier alpha value is -0.980. The first-order valence-corrected chi connectivity index (χ1v) is 7.02. The first-order chi connectivity index (χ1) is 9.24. The zero-order valence-electron chi connectivity index (χ0n) is 12.1. The van der Waals surface area contributed by atoms with E-state index in [1.807, 2.05) is 5.32 Å². The molecule has 1 aliphatic carbocycles. The van der Waals surface area contributed by atoms with Gasteiger partial charge in [0.2, 0.25) is 0 Å². The average Bonchev–Trinajstić information content (AvgIpc) is 2.43. The van der Waals surface area contributed by atoms with Gasteiger partial charge in [0.1, 0.15) is 6.54 Å². The van der Waals surface area contributed by atoms with E-state index in [0.717, 1.165) is 32.1 Å². The molecular formula is C13H24F3N3O. The van der Waals surface area contributed by atoms with Crippen molar-refractivity contribution < 1.29 is 18.0 Å². The fourth-order valence-electron chi connectivity index (χ4n) is 2.81. The molecule has 0 aliphatic heterocycles. The molecule has 0 bridgehead atoms. The zero-order chi connectivity index (χ0) is 15.4. The minimum absolute atomic E-state index is 0.277. The number of nitrogens with one attached hydrogen (secondary N) is 1. The second-order valence-electron chi connectivity index (χ2n) is 5.61. The van der Waals surface area contributed by atoms with Crippen LogP contribution in [0, 0.1) is 5.92 Å². The van der Waals surface area contributed by atoms with Crippen molar-refractivity contribution in [2.24, 2.45) is 11.7 Å². The maximum atomic E-state index is 12.1. The van der Waals surface area contributed by atoms with Crippen LogP contribution in [-0.4, -0.2) is 42.8 Å². The summed E-state index contributed by atoms with van der Waals surface area (Å²) in [6.07, 6.45) is 0.113. The molecule has 1 rings (SSSR count). The fourth-order valence-corrected chi connectivity index (χ4v) is 2.81. The Labute approximate surface area is 117 Å². The van der Waals surface area contributed by atoms with E-state index in [1.54, 1.807) is 0 Å². The average molecular weight is 295 g/mol. The molecule has 0 aromatic heterocycles. The number of rotatable bonds is 4. The summed E-state index contributed by atoms with van der Waals surface area (Å²) < 4.78 is 36.4. The second-order valence-corrected chi connectivity index (χ2v) is 5.61. The molecule has 118 valence electrons. The number of nitrogens with two attached hydrogens (primary N) is 1. The van der Waals surface area contributed by atoms with Crippen molar-refractivity contribution in [1.82, 2.24) is 10.2 Å².